The number of furan rings is 1. The fourth-order valence-electron chi connectivity index (χ4n) is 2.85. The van der Waals surface area contributed by atoms with Gasteiger partial charge in [-0.15, -0.1) is 0 Å². The molecule has 1 fully saturated rings. The van der Waals surface area contributed by atoms with Crippen LogP contribution in [0.25, 0.3) is 0 Å². The lowest BCUT2D eigenvalue weighted by atomic mass is 10.3. The van der Waals surface area contributed by atoms with Crippen molar-refractivity contribution in [3.63, 3.8) is 0 Å². The van der Waals surface area contributed by atoms with Gasteiger partial charge in [-0.1, -0.05) is 11.8 Å². The number of esters is 1. The minimum Gasteiger partial charge on any atom is -0.463 e. The van der Waals surface area contributed by atoms with Crippen LogP contribution in [0, 0.1) is 0 Å². The van der Waals surface area contributed by atoms with Gasteiger partial charge in [0, 0.05) is 38.6 Å². The van der Waals surface area contributed by atoms with Crippen molar-refractivity contribution in [2.45, 2.75) is 18.1 Å². The van der Waals surface area contributed by atoms with Gasteiger partial charge in [0.05, 0.1) is 19.4 Å². The molecule has 0 N–H and O–H groups in total. The second kappa shape index (κ2) is 9.52. The number of aromatic nitrogens is 2. The Hall–Kier alpha value is -2.39. The summed E-state index contributed by atoms with van der Waals surface area (Å²) in [6.45, 7) is 3.63. The second-order valence-electron chi connectivity index (χ2n) is 6.09. The molecule has 3 rings (SSSR count). The number of hydrogen-bond acceptors (Lipinski definition) is 8. The van der Waals surface area contributed by atoms with Crippen molar-refractivity contribution in [2.24, 2.45) is 0 Å². The van der Waals surface area contributed by atoms with Crippen LogP contribution in [0.5, 0.6) is 0 Å². The van der Waals surface area contributed by atoms with Crippen LogP contribution in [0.15, 0.2) is 40.2 Å². The number of amides is 1. The Kier molecular flexibility index (Phi) is 6.83. The second-order valence-corrected chi connectivity index (χ2v) is 7.03. The third-order valence-corrected chi connectivity index (χ3v) is 5.10. The summed E-state index contributed by atoms with van der Waals surface area (Å²) < 4.78 is 10.2. The molecule has 1 aliphatic heterocycles. The topological polar surface area (TPSA) is 88.8 Å². The zero-order valence-electron chi connectivity index (χ0n) is 15.2. The van der Waals surface area contributed by atoms with Gasteiger partial charge >= 0.3 is 5.97 Å². The Morgan fingerprint density at radius 3 is 2.78 bits per heavy atom. The number of methoxy groups -OCH3 is 1. The molecule has 0 aliphatic carbocycles. The van der Waals surface area contributed by atoms with Crippen LogP contribution >= 0.6 is 11.8 Å². The molecule has 1 saturated heterocycles. The summed E-state index contributed by atoms with van der Waals surface area (Å²) in [5.74, 6) is 0.880. The quantitative estimate of drug-likeness (QED) is 0.418. The molecule has 0 bridgehead atoms. The molecule has 27 heavy (non-hydrogen) atoms. The first-order chi connectivity index (χ1) is 13.2. The molecule has 2 aromatic rings. The third kappa shape index (κ3) is 5.54. The van der Waals surface area contributed by atoms with Gasteiger partial charge in [0.1, 0.15) is 5.76 Å². The molecule has 0 radical (unpaired) electrons. The van der Waals surface area contributed by atoms with Crippen molar-refractivity contribution in [1.82, 2.24) is 19.8 Å². The van der Waals surface area contributed by atoms with Gasteiger partial charge < -0.3 is 14.1 Å². The summed E-state index contributed by atoms with van der Waals surface area (Å²) in [5, 5.41) is 0.613. The van der Waals surface area contributed by atoms with E-state index in [1.165, 1.54) is 18.9 Å². The molecule has 144 valence electrons. The van der Waals surface area contributed by atoms with E-state index in [4.69, 9.17) is 4.42 Å². The predicted molar refractivity (Wildman–Crippen MR) is 99.3 cm³/mol. The van der Waals surface area contributed by atoms with Crippen LogP contribution in [-0.4, -0.2) is 70.7 Å². The largest absolute Gasteiger partial charge is 0.463 e. The van der Waals surface area contributed by atoms with Gasteiger partial charge in [0.2, 0.25) is 11.7 Å². The van der Waals surface area contributed by atoms with Crippen molar-refractivity contribution in [3.8, 4) is 0 Å². The van der Waals surface area contributed by atoms with E-state index in [1.54, 1.807) is 30.6 Å². The predicted octanol–water partition coefficient (Wildman–Crippen LogP) is 1.68. The van der Waals surface area contributed by atoms with Crippen molar-refractivity contribution < 1.29 is 18.7 Å². The maximum atomic E-state index is 12.5. The number of ether oxygens (including phenoxy) is 1. The first kappa shape index (κ1) is 19.4. The summed E-state index contributed by atoms with van der Waals surface area (Å²) in [6.07, 6.45) is 4.23. The van der Waals surface area contributed by atoms with Crippen molar-refractivity contribution in [3.05, 3.63) is 42.1 Å². The van der Waals surface area contributed by atoms with E-state index in [9.17, 15) is 9.59 Å². The van der Waals surface area contributed by atoms with Crippen LogP contribution in [0.4, 0.5) is 0 Å². The number of carbonyl (C=O) groups is 2. The van der Waals surface area contributed by atoms with E-state index in [0.29, 0.717) is 29.8 Å². The van der Waals surface area contributed by atoms with Gasteiger partial charge in [0.25, 0.3) is 0 Å². The lowest BCUT2D eigenvalue weighted by Gasteiger charge is -2.21. The van der Waals surface area contributed by atoms with Crippen molar-refractivity contribution in [2.75, 3.05) is 39.0 Å². The molecule has 8 nitrogen and oxygen atoms in total. The molecule has 0 atom stereocenters. The monoisotopic (exact) mass is 390 g/mol. The summed E-state index contributed by atoms with van der Waals surface area (Å²) in [4.78, 5) is 36.3. The normalized spacial score (nSPS) is 15.4. The Labute approximate surface area is 161 Å². The zero-order valence-corrected chi connectivity index (χ0v) is 16.0. The average Bonchev–Trinajstić information content (AvgIpc) is 3.04. The third-order valence-electron chi connectivity index (χ3n) is 4.24. The molecule has 0 spiro atoms. The van der Waals surface area contributed by atoms with E-state index < -0.39 is 5.97 Å². The van der Waals surface area contributed by atoms with Crippen molar-refractivity contribution in [1.29, 1.82) is 0 Å². The molecular weight excluding hydrogens is 368 g/mol. The molecule has 3 heterocycles. The van der Waals surface area contributed by atoms with Gasteiger partial charge in [-0.05, 0) is 24.6 Å². The van der Waals surface area contributed by atoms with E-state index in [-0.39, 0.29) is 11.7 Å². The Morgan fingerprint density at radius 2 is 2.00 bits per heavy atom. The molecule has 0 aromatic carbocycles. The maximum absolute atomic E-state index is 12.5. The van der Waals surface area contributed by atoms with Gasteiger partial charge in [0.15, 0.2) is 5.16 Å². The number of thioether (sulfide) groups is 1. The fourth-order valence-corrected chi connectivity index (χ4v) is 3.56. The molecule has 0 saturated carbocycles. The highest BCUT2D eigenvalue weighted by Gasteiger charge is 2.21. The molecular formula is C18H22N4O4S. The molecule has 1 amide bonds. The Balaban J connectivity index is 1.47. The van der Waals surface area contributed by atoms with E-state index >= 15 is 0 Å². The zero-order chi connectivity index (χ0) is 19.1. The summed E-state index contributed by atoms with van der Waals surface area (Å²) >= 11 is 1.35. The SMILES string of the molecule is COC(=O)c1ccc(CN2CCCN(C(=O)CSc3ncccn3)CC2)o1. The van der Waals surface area contributed by atoms with Crippen LogP contribution < -0.4 is 0 Å². The van der Waals surface area contributed by atoms with Crippen molar-refractivity contribution >= 4 is 23.6 Å². The molecule has 1 aliphatic rings. The standard InChI is InChI=1S/C18H22N4O4S/c1-25-17(24)15-5-4-14(26-15)12-21-8-3-9-22(11-10-21)16(23)13-27-18-19-6-2-7-20-18/h2,4-7H,3,8-13H2,1H3. The van der Waals surface area contributed by atoms with Crippen LogP contribution in [-0.2, 0) is 16.1 Å². The minimum absolute atomic E-state index is 0.0975. The van der Waals surface area contributed by atoms with Gasteiger partial charge in [-0.3, -0.25) is 9.69 Å². The van der Waals surface area contributed by atoms with Gasteiger partial charge in [-0.2, -0.15) is 0 Å². The fraction of sp³-hybridized carbons (Fsp3) is 0.444. The molecule has 0 unspecified atom stereocenters. The van der Waals surface area contributed by atoms with E-state index in [1.807, 2.05) is 4.90 Å². The average molecular weight is 390 g/mol. The highest BCUT2D eigenvalue weighted by Crippen LogP contribution is 2.15. The molecule has 9 heteroatoms. The lowest BCUT2D eigenvalue weighted by Crippen LogP contribution is -2.36. The number of hydrogen-bond donors (Lipinski definition) is 0. The van der Waals surface area contributed by atoms with Crippen LogP contribution in [0.2, 0.25) is 0 Å². The minimum atomic E-state index is -0.478. The number of rotatable bonds is 6. The first-order valence-electron chi connectivity index (χ1n) is 8.72. The summed E-state index contributed by atoms with van der Waals surface area (Å²) in [7, 11) is 1.33. The summed E-state index contributed by atoms with van der Waals surface area (Å²) in [5.41, 5.74) is 0. The first-order valence-corrected chi connectivity index (χ1v) is 9.71. The highest BCUT2D eigenvalue weighted by atomic mass is 32.2. The maximum Gasteiger partial charge on any atom is 0.373 e. The van der Waals surface area contributed by atoms with E-state index in [0.717, 1.165) is 26.1 Å². The van der Waals surface area contributed by atoms with Crippen LogP contribution in [0.1, 0.15) is 22.7 Å². The Morgan fingerprint density at radius 1 is 1.19 bits per heavy atom. The van der Waals surface area contributed by atoms with Crippen LogP contribution in [0.3, 0.4) is 0 Å². The smallest absolute Gasteiger partial charge is 0.373 e. The number of carbonyl (C=O) groups excluding carboxylic acids is 2. The molecule has 2 aromatic heterocycles. The van der Waals surface area contributed by atoms with E-state index in [2.05, 4.69) is 19.6 Å². The lowest BCUT2D eigenvalue weighted by molar-refractivity contribution is -0.128. The summed E-state index contributed by atoms with van der Waals surface area (Å²) in [6, 6.07) is 5.16. The van der Waals surface area contributed by atoms with Gasteiger partial charge in [-0.25, -0.2) is 14.8 Å². The highest BCUT2D eigenvalue weighted by molar-refractivity contribution is 7.99. The number of nitrogens with zero attached hydrogens (tertiary/aromatic N) is 4. The Bertz CT molecular complexity index is 768.